The van der Waals surface area contributed by atoms with Crippen LogP contribution in [0.5, 0.6) is 0 Å². The Labute approximate surface area is 105 Å². The first-order valence-corrected chi connectivity index (χ1v) is 6.82. The highest BCUT2D eigenvalue weighted by Gasteiger charge is 2.26. The van der Waals surface area contributed by atoms with Crippen LogP contribution in [0.3, 0.4) is 0 Å². The summed E-state index contributed by atoms with van der Waals surface area (Å²) < 4.78 is 25.6. The average molecular weight is 286 g/mol. The van der Waals surface area contributed by atoms with E-state index in [1.165, 1.54) is 18.6 Å². The van der Waals surface area contributed by atoms with E-state index >= 15 is 0 Å². The van der Waals surface area contributed by atoms with E-state index in [2.05, 4.69) is 19.7 Å². The van der Waals surface area contributed by atoms with Gasteiger partial charge in [-0.3, -0.25) is 9.71 Å². The molecule has 0 bridgehead atoms. The van der Waals surface area contributed by atoms with Gasteiger partial charge in [-0.15, -0.1) is 11.3 Å². The molecule has 0 saturated heterocycles. The van der Waals surface area contributed by atoms with E-state index < -0.39 is 21.7 Å². The molecule has 0 aromatic carbocycles. The van der Waals surface area contributed by atoms with Gasteiger partial charge in [0.2, 0.25) is 0 Å². The molecule has 2 aromatic heterocycles. The van der Waals surface area contributed by atoms with Crippen LogP contribution < -0.4 is 4.72 Å². The Morgan fingerprint density at radius 3 is 2.72 bits per heavy atom. The van der Waals surface area contributed by atoms with E-state index in [1.807, 2.05) is 0 Å². The molecule has 0 aliphatic heterocycles. The van der Waals surface area contributed by atoms with Crippen LogP contribution in [0.1, 0.15) is 10.5 Å². The molecular formula is C8H6N4O4S2. The smallest absolute Gasteiger partial charge is 0.356 e. The van der Waals surface area contributed by atoms with Crippen molar-refractivity contribution in [1.82, 2.24) is 15.0 Å². The fraction of sp³-hybridized carbons (Fsp3) is 0. The Hall–Kier alpha value is -2.07. The lowest BCUT2D eigenvalue weighted by Gasteiger charge is -2.04. The molecule has 2 rings (SSSR count). The molecule has 0 atom stereocenters. The normalized spacial score (nSPS) is 11.1. The number of anilines is 1. The summed E-state index contributed by atoms with van der Waals surface area (Å²) in [5.41, 5.74) is 0.630. The summed E-state index contributed by atoms with van der Waals surface area (Å²) in [7, 11) is -4.02. The summed E-state index contributed by atoms with van der Waals surface area (Å²) in [6, 6.07) is 0. The fourth-order valence-electron chi connectivity index (χ4n) is 1.10. The number of thiazole rings is 1. The first-order valence-electron chi connectivity index (χ1n) is 4.46. The Morgan fingerprint density at radius 2 is 2.11 bits per heavy atom. The van der Waals surface area contributed by atoms with Gasteiger partial charge >= 0.3 is 5.97 Å². The summed E-state index contributed by atoms with van der Waals surface area (Å²) in [5, 5.41) is 8.81. The van der Waals surface area contributed by atoms with Crippen molar-refractivity contribution in [2.75, 3.05) is 4.72 Å². The van der Waals surface area contributed by atoms with Crippen molar-refractivity contribution in [3.05, 3.63) is 29.8 Å². The number of aromatic carboxylic acids is 1. The molecule has 2 N–H and O–H groups in total. The molecule has 8 nitrogen and oxygen atoms in total. The summed E-state index contributed by atoms with van der Waals surface area (Å²) in [5.74, 6) is -1.40. The van der Waals surface area contributed by atoms with Crippen molar-refractivity contribution in [3.8, 4) is 0 Å². The predicted molar refractivity (Wildman–Crippen MR) is 61.9 cm³/mol. The molecule has 0 aliphatic carbocycles. The molecule has 18 heavy (non-hydrogen) atoms. The second-order valence-corrected chi connectivity index (χ2v) is 5.72. The van der Waals surface area contributed by atoms with Crippen LogP contribution in [0.15, 0.2) is 28.3 Å². The standard InChI is InChI=1S/C8H6N4O4S2/c13-7(14)6-8(17-4-11-6)18(15,16)12-5-3-9-1-2-10-5/h1-4H,(H,10,12)(H,13,14). The van der Waals surface area contributed by atoms with E-state index in [9.17, 15) is 13.2 Å². The van der Waals surface area contributed by atoms with E-state index in [4.69, 9.17) is 5.11 Å². The molecule has 0 radical (unpaired) electrons. The highest BCUT2D eigenvalue weighted by molar-refractivity contribution is 7.94. The van der Waals surface area contributed by atoms with Gasteiger partial charge in [-0.25, -0.2) is 23.2 Å². The van der Waals surface area contributed by atoms with Gasteiger partial charge in [-0.05, 0) is 0 Å². The second kappa shape index (κ2) is 4.66. The number of carboxylic acid groups (broad SMARTS) is 1. The number of hydrogen-bond acceptors (Lipinski definition) is 7. The van der Waals surface area contributed by atoms with Crippen LogP contribution in [-0.2, 0) is 10.0 Å². The van der Waals surface area contributed by atoms with Crippen molar-refractivity contribution in [2.45, 2.75) is 4.21 Å². The van der Waals surface area contributed by atoms with E-state index in [1.54, 1.807) is 0 Å². The van der Waals surface area contributed by atoms with Crippen molar-refractivity contribution in [2.24, 2.45) is 0 Å². The minimum Gasteiger partial charge on any atom is -0.476 e. The highest BCUT2D eigenvalue weighted by Crippen LogP contribution is 2.22. The molecule has 94 valence electrons. The maximum absolute atomic E-state index is 11.9. The van der Waals surface area contributed by atoms with Crippen LogP contribution >= 0.6 is 11.3 Å². The van der Waals surface area contributed by atoms with E-state index in [-0.39, 0.29) is 10.0 Å². The van der Waals surface area contributed by atoms with E-state index in [0.29, 0.717) is 11.3 Å². The van der Waals surface area contributed by atoms with E-state index in [0.717, 1.165) is 5.51 Å². The number of carbonyl (C=O) groups is 1. The number of nitrogens with one attached hydrogen (secondary N) is 1. The van der Waals surface area contributed by atoms with Crippen molar-refractivity contribution >= 4 is 33.1 Å². The molecule has 2 heterocycles. The molecule has 0 unspecified atom stereocenters. The average Bonchev–Trinajstić information content (AvgIpc) is 2.79. The number of rotatable bonds is 4. The highest BCUT2D eigenvalue weighted by atomic mass is 32.2. The largest absolute Gasteiger partial charge is 0.476 e. The summed E-state index contributed by atoms with van der Waals surface area (Å²) in [6.07, 6.45) is 3.90. The van der Waals surface area contributed by atoms with Gasteiger partial charge in [0.05, 0.1) is 11.7 Å². The Bertz CT molecular complexity index is 667. The monoisotopic (exact) mass is 286 g/mol. The lowest BCUT2D eigenvalue weighted by molar-refractivity contribution is 0.0687. The maximum atomic E-state index is 11.9. The Kier molecular flexibility index (Phi) is 3.21. The third kappa shape index (κ3) is 2.43. The Balaban J connectivity index is 2.37. The number of carboxylic acids is 1. The zero-order valence-corrected chi connectivity index (χ0v) is 10.3. The zero-order valence-electron chi connectivity index (χ0n) is 8.64. The minimum atomic E-state index is -4.02. The lowest BCUT2D eigenvalue weighted by Crippen LogP contribution is -2.16. The molecule has 2 aromatic rings. The van der Waals surface area contributed by atoms with Gasteiger partial charge < -0.3 is 5.11 Å². The SMILES string of the molecule is O=C(O)c1ncsc1S(=O)(=O)Nc1cnccn1. The number of nitrogens with zero attached hydrogens (tertiary/aromatic N) is 3. The number of hydrogen-bond donors (Lipinski definition) is 2. The summed E-state index contributed by atoms with van der Waals surface area (Å²) in [6.45, 7) is 0. The first kappa shape index (κ1) is 12.4. The van der Waals surface area contributed by atoms with Gasteiger partial charge in [0, 0.05) is 12.4 Å². The maximum Gasteiger partial charge on any atom is 0.356 e. The Morgan fingerprint density at radius 1 is 1.33 bits per heavy atom. The van der Waals surface area contributed by atoms with Crippen LogP contribution in [0.25, 0.3) is 0 Å². The minimum absolute atomic E-state index is 0.00207. The van der Waals surface area contributed by atoms with Crippen LogP contribution in [-0.4, -0.2) is 34.4 Å². The molecule has 0 spiro atoms. The molecule has 0 aliphatic rings. The van der Waals surface area contributed by atoms with Crippen LogP contribution in [0, 0.1) is 0 Å². The third-order valence-corrected chi connectivity index (χ3v) is 4.51. The topological polar surface area (TPSA) is 122 Å². The third-order valence-electron chi connectivity index (χ3n) is 1.78. The number of aromatic nitrogens is 3. The van der Waals surface area contributed by atoms with Crippen molar-refractivity contribution in [3.63, 3.8) is 0 Å². The summed E-state index contributed by atoms with van der Waals surface area (Å²) >= 11 is 0.713. The quantitative estimate of drug-likeness (QED) is 0.835. The van der Waals surface area contributed by atoms with Crippen LogP contribution in [0.2, 0.25) is 0 Å². The van der Waals surface area contributed by atoms with Gasteiger partial charge in [-0.1, -0.05) is 0 Å². The van der Waals surface area contributed by atoms with Crippen molar-refractivity contribution < 1.29 is 18.3 Å². The summed E-state index contributed by atoms with van der Waals surface area (Å²) in [4.78, 5) is 21.7. The first-order chi connectivity index (χ1) is 8.50. The molecule has 10 heteroatoms. The van der Waals surface area contributed by atoms with Gasteiger partial charge in [0.25, 0.3) is 10.0 Å². The predicted octanol–water partition coefficient (Wildman–Crippen LogP) is 0.432. The zero-order chi connectivity index (χ0) is 13.2. The van der Waals surface area contributed by atoms with Crippen molar-refractivity contribution in [1.29, 1.82) is 0 Å². The fourth-order valence-corrected chi connectivity index (χ4v) is 3.24. The van der Waals surface area contributed by atoms with Gasteiger partial charge in [0.1, 0.15) is 0 Å². The molecule has 0 amide bonds. The van der Waals surface area contributed by atoms with Gasteiger partial charge in [0.15, 0.2) is 15.7 Å². The van der Waals surface area contributed by atoms with Crippen LogP contribution in [0.4, 0.5) is 5.82 Å². The molecular weight excluding hydrogens is 280 g/mol. The number of sulfonamides is 1. The lowest BCUT2D eigenvalue weighted by atomic mass is 10.5. The molecule has 0 saturated carbocycles. The second-order valence-electron chi connectivity index (χ2n) is 2.99. The molecule has 0 fully saturated rings. The van der Waals surface area contributed by atoms with Gasteiger partial charge in [-0.2, -0.15) is 0 Å².